The summed E-state index contributed by atoms with van der Waals surface area (Å²) in [6, 6.07) is 4.94. The minimum absolute atomic E-state index is 0.0667. The van der Waals surface area contributed by atoms with Gasteiger partial charge in [-0.25, -0.2) is 0 Å². The summed E-state index contributed by atoms with van der Waals surface area (Å²) >= 11 is 0. The summed E-state index contributed by atoms with van der Waals surface area (Å²) in [5.41, 5.74) is 6.37. The van der Waals surface area contributed by atoms with Crippen molar-refractivity contribution in [1.29, 1.82) is 0 Å². The number of amides is 1. The van der Waals surface area contributed by atoms with Gasteiger partial charge in [0, 0.05) is 0 Å². The number of phenols is 1. The molecule has 21 heavy (non-hydrogen) atoms. The van der Waals surface area contributed by atoms with Gasteiger partial charge in [0.25, 0.3) is 0 Å². The van der Waals surface area contributed by atoms with E-state index >= 15 is 0 Å². The standard InChI is InChI=1S/C13H16N2O6/c14-10(5-8-1-3-9(16)4-2-8)13(21)15(6-11(17)18)7-12(19)20/h1-4,10,16H,5-7,14H2,(H,17,18)(H,19,20). The van der Waals surface area contributed by atoms with Crippen LogP contribution >= 0.6 is 0 Å². The Morgan fingerprint density at radius 1 is 1.05 bits per heavy atom. The van der Waals surface area contributed by atoms with Gasteiger partial charge in [-0.2, -0.15) is 0 Å². The molecule has 8 heteroatoms. The van der Waals surface area contributed by atoms with Gasteiger partial charge in [0.2, 0.25) is 5.91 Å². The van der Waals surface area contributed by atoms with Crippen LogP contribution in [0.25, 0.3) is 0 Å². The van der Waals surface area contributed by atoms with Crippen LogP contribution in [-0.4, -0.2) is 57.2 Å². The average molecular weight is 296 g/mol. The van der Waals surface area contributed by atoms with Crippen LogP contribution in [0.2, 0.25) is 0 Å². The van der Waals surface area contributed by atoms with Crippen LogP contribution in [0.4, 0.5) is 0 Å². The van der Waals surface area contributed by atoms with E-state index in [-0.39, 0.29) is 12.2 Å². The summed E-state index contributed by atoms with van der Waals surface area (Å²) in [4.78, 5) is 34.0. The fourth-order valence-corrected chi connectivity index (χ4v) is 1.75. The summed E-state index contributed by atoms with van der Waals surface area (Å²) in [5, 5.41) is 26.5. The van der Waals surface area contributed by atoms with Gasteiger partial charge >= 0.3 is 11.9 Å². The molecule has 0 bridgehead atoms. The fraction of sp³-hybridized carbons (Fsp3) is 0.308. The van der Waals surface area contributed by atoms with Crippen molar-refractivity contribution in [3.63, 3.8) is 0 Å². The van der Waals surface area contributed by atoms with Crippen molar-refractivity contribution in [1.82, 2.24) is 4.90 Å². The van der Waals surface area contributed by atoms with Gasteiger partial charge in [0.1, 0.15) is 18.8 Å². The highest BCUT2D eigenvalue weighted by atomic mass is 16.4. The van der Waals surface area contributed by atoms with E-state index in [1.165, 1.54) is 12.1 Å². The van der Waals surface area contributed by atoms with Crippen LogP contribution in [0.5, 0.6) is 5.75 Å². The molecule has 0 aromatic heterocycles. The minimum Gasteiger partial charge on any atom is -0.508 e. The van der Waals surface area contributed by atoms with E-state index in [9.17, 15) is 14.4 Å². The van der Waals surface area contributed by atoms with Gasteiger partial charge in [-0.1, -0.05) is 12.1 Å². The highest BCUT2D eigenvalue weighted by molar-refractivity contribution is 5.88. The van der Waals surface area contributed by atoms with Crippen LogP contribution < -0.4 is 5.73 Å². The Bertz CT molecular complexity index is 512. The normalized spacial score (nSPS) is 11.7. The molecule has 1 atom stereocenters. The van der Waals surface area contributed by atoms with E-state index in [4.69, 9.17) is 21.1 Å². The van der Waals surface area contributed by atoms with Crippen LogP contribution in [0.1, 0.15) is 5.56 Å². The summed E-state index contributed by atoms with van der Waals surface area (Å²) in [6.45, 7) is -1.46. The van der Waals surface area contributed by atoms with Crippen molar-refractivity contribution in [2.75, 3.05) is 13.1 Å². The Labute approximate surface area is 120 Å². The first-order valence-corrected chi connectivity index (χ1v) is 6.05. The highest BCUT2D eigenvalue weighted by Gasteiger charge is 2.25. The van der Waals surface area contributed by atoms with E-state index in [0.29, 0.717) is 10.5 Å². The third kappa shape index (κ3) is 5.49. The van der Waals surface area contributed by atoms with Crippen LogP contribution in [-0.2, 0) is 20.8 Å². The number of carboxylic acids is 2. The molecule has 0 fully saturated rings. The van der Waals surface area contributed by atoms with E-state index < -0.39 is 37.0 Å². The van der Waals surface area contributed by atoms with Gasteiger partial charge in [0.05, 0.1) is 6.04 Å². The topological polar surface area (TPSA) is 141 Å². The lowest BCUT2D eigenvalue weighted by atomic mass is 10.1. The van der Waals surface area contributed by atoms with E-state index in [1.54, 1.807) is 12.1 Å². The lowest BCUT2D eigenvalue weighted by molar-refractivity contribution is -0.149. The van der Waals surface area contributed by atoms with Crippen molar-refractivity contribution in [2.24, 2.45) is 5.73 Å². The number of nitrogens with zero attached hydrogens (tertiary/aromatic N) is 1. The number of rotatable bonds is 7. The number of carbonyl (C=O) groups excluding carboxylic acids is 1. The van der Waals surface area contributed by atoms with Crippen molar-refractivity contribution in [2.45, 2.75) is 12.5 Å². The molecule has 5 N–H and O–H groups in total. The molecule has 0 heterocycles. The van der Waals surface area contributed by atoms with Crippen molar-refractivity contribution in [3.05, 3.63) is 29.8 Å². The van der Waals surface area contributed by atoms with Crippen LogP contribution in [0, 0.1) is 0 Å². The third-order valence-corrected chi connectivity index (χ3v) is 2.67. The summed E-state index contributed by atoms with van der Waals surface area (Å²) in [5.74, 6) is -3.33. The second-order valence-electron chi connectivity index (χ2n) is 4.46. The maximum atomic E-state index is 12.0. The number of carboxylic acid groups (broad SMARTS) is 2. The summed E-state index contributed by atoms with van der Waals surface area (Å²) < 4.78 is 0. The molecular formula is C13H16N2O6. The lowest BCUT2D eigenvalue weighted by Crippen LogP contribution is -2.48. The zero-order valence-corrected chi connectivity index (χ0v) is 11.1. The predicted octanol–water partition coefficient (Wildman–Crippen LogP) is -0.740. The molecule has 0 aliphatic heterocycles. The molecule has 0 saturated heterocycles. The van der Waals surface area contributed by atoms with Crippen molar-refractivity contribution in [3.8, 4) is 5.75 Å². The molecule has 1 aromatic rings. The number of aliphatic carboxylic acids is 2. The van der Waals surface area contributed by atoms with Crippen molar-refractivity contribution >= 4 is 17.8 Å². The molecule has 0 aliphatic rings. The Hall–Kier alpha value is -2.61. The Morgan fingerprint density at radius 3 is 1.95 bits per heavy atom. The van der Waals surface area contributed by atoms with Gasteiger partial charge in [-0.05, 0) is 24.1 Å². The number of aromatic hydroxyl groups is 1. The highest BCUT2D eigenvalue weighted by Crippen LogP contribution is 2.11. The molecule has 1 amide bonds. The number of carbonyl (C=O) groups is 3. The van der Waals surface area contributed by atoms with Gasteiger partial charge in [-0.15, -0.1) is 0 Å². The second kappa shape index (κ2) is 7.25. The Balaban J connectivity index is 2.74. The smallest absolute Gasteiger partial charge is 0.323 e. The molecule has 0 saturated carbocycles. The molecule has 1 aromatic carbocycles. The largest absolute Gasteiger partial charge is 0.508 e. The van der Waals surface area contributed by atoms with E-state index in [1.807, 2.05) is 0 Å². The monoisotopic (exact) mass is 296 g/mol. The number of benzene rings is 1. The quantitative estimate of drug-likeness (QED) is 0.519. The first-order chi connectivity index (χ1) is 9.79. The van der Waals surface area contributed by atoms with Gasteiger partial charge in [0.15, 0.2) is 0 Å². The molecule has 8 nitrogen and oxygen atoms in total. The number of hydrogen-bond donors (Lipinski definition) is 4. The van der Waals surface area contributed by atoms with Crippen LogP contribution in [0.3, 0.4) is 0 Å². The van der Waals surface area contributed by atoms with Gasteiger partial charge in [-0.3, -0.25) is 14.4 Å². The predicted molar refractivity (Wildman–Crippen MR) is 71.6 cm³/mol. The molecular weight excluding hydrogens is 280 g/mol. The molecule has 1 unspecified atom stereocenters. The SMILES string of the molecule is NC(Cc1ccc(O)cc1)C(=O)N(CC(=O)O)CC(=O)O. The average Bonchev–Trinajstić information content (AvgIpc) is 2.38. The number of nitrogens with two attached hydrogens (primary N) is 1. The Morgan fingerprint density at radius 2 is 1.52 bits per heavy atom. The zero-order valence-electron chi connectivity index (χ0n) is 11.1. The fourth-order valence-electron chi connectivity index (χ4n) is 1.75. The molecule has 114 valence electrons. The number of hydrogen-bond acceptors (Lipinski definition) is 5. The first-order valence-electron chi connectivity index (χ1n) is 6.05. The molecule has 0 aliphatic carbocycles. The second-order valence-corrected chi connectivity index (χ2v) is 4.46. The third-order valence-electron chi connectivity index (χ3n) is 2.67. The van der Waals surface area contributed by atoms with E-state index in [2.05, 4.69) is 0 Å². The summed E-state index contributed by atoms with van der Waals surface area (Å²) in [6.07, 6.45) is 0.106. The van der Waals surface area contributed by atoms with Gasteiger partial charge < -0.3 is 26.0 Å². The zero-order chi connectivity index (χ0) is 16.0. The first kappa shape index (κ1) is 16.4. The van der Waals surface area contributed by atoms with E-state index in [0.717, 1.165) is 0 Å². The maximum absolute atomic E-state index is 12.0. The van der Waals surface area contributed by atoms with Crippen molar-refractivity contribution < 1.29 is 29.7 Å². The molecule has 1 rings (SSSR count). The molecule has 0 spiro atoms. The summed E-state index contributed by atoms with van der Waals surface area (Å²) in [7, 11) is 0. The maximum Gasteiger partial charge on any atom is 0.323 e. The minimum atomic E-state index is -1.32. The lowest BCUT2D eigenvalue weighted by Gasteiger charge is -2.22. The molecule has 0 radical (unpaired) electrons. The number of phenolic OH excluding ortho intramolecular Hbond substituents is 1. The van der Waals surface area contributed by atoms with Crippen LogP contribution in [0.15, 0.2) is 24.3 Å². The Kier molecular flexibility index (Phi) is 5.67.